The molecule has 0 atom stereocenters. The van der Waals surface area contributed by atoms with Gasteiger partial charge in [0.2, 0.25) is 10.0 Å². The molecule has 0 saturated heterocycles. The lowest BCUT2D eigenvalue weighted by molar-refractivity contribution is -0.139. The Bertz CT molecular complexity index is 1170. The number of aromatic nitrogens is 1. The number of primary sulfonamides is 1. The summed E-state index contributed by atoms with van der Waals surface area (Å²) < 4.78 is 74.2. The van der Waals surface area contributed by atoms with Crippen LogP contribution in [0.3, 0.4) is 0 Å². The molecule has 9 heteroatoms. The number of hydrogen-bond acceptors (Lipinski definition) is 3. The van der Waals surface area contributed by atoms with E-state index in [1.54, 1.807) is 13.0 Å². The van der Waals surface area contributed by atoms with E-state index in [-0.39, 0.29) is 22.7 Å². The van der Waals surface area contributed by atoms with Gasteiger partial charge >= 0.3 is 6.18 Å². The van der Waals surface area contributed by atoms with Gasteiger partial charge in [0.25, 0.3) is 0 Å². The first-order valence-corrected chi connectivity index (χ1v) is 13.2. The van der Waals surface area contributed by atoms with Crippen molar-refractivity contribution in [1.82, 2.24) is 4.57 Å². The minimum Gasteiger partial charge on any atom is -0.493 e. The molecule has 2 N–H and O–H groups in total. The summed E-state index contributed by atoms with van der Waals surface area (Å²) in [4.78, 5) is -0.0306. The first-order valence-electron chi connectivity index (χ1n) is 11.6. The molecule has 1 aromatic heterocycles. The van der Waals surface area contributed by atoms with Crippen molar-refractivity contribution in [3.63, 3.8) is 0 Å². The summed E-state index contributed by atoms with van der Waals surface area (Å²) in [6, 6.07) is 4.34. The van der Waals surface area contributed by atoms with Crippen molar-refractivity contribution in [2.24, 2.45) is 11.1 Å². The van der Waals surface area contributed by atoms with Crippen LogP contribution in [-0.2, 0) is 28.2 Å². The van der Waals surface area contributed by atoms with E-state index in [0.29, 0.717) is 41.4 Å². The Balaban J connectivity index is 1.70. The summed E-state index contributed by atoms with van der Waals surface area (Å²) in [5, 5.41) is 5.47. The van der Waals surface area contributed by atoms with E-state index in [9.17, 15) is 21.6 Å². The molecule has 0 unspecified atom stereocenters. The Morgan fingerprint density at radius 3 is 2.42 bits per heavy atom. The first-order chi connectivity index (χ1) is 15.5. The molecule has 1 aliphatic heterocycles. The zero-order valence-corrected chi connectivity index (χ0v) is 19.5. The molecule has 5 rings (SSSR count). The minimum absolute atomic E-state index is 0.0306. The van der Waals surface area contributed by atoms with Gasteiger partial charge in [0.05, 0.1) is 12.2 Å². The van der Waals surface area contributed by atoms with Gasteiger partial charge in [-0.1, -0.05) is 19.3 Å². The molecule has 0 amide bonds. The van der Waals surface area contributed by atoms with Crippen molar-refractivity contribution in [1.29, 1.82) is 0 Å². The van der Waals surface area contributed by atoms with E-state index >= 15 is 0 Å². The maximum absolute atomic E-state index is 14.1. The summed E-state index contributed by atoms with van der Waals surface area (Å²) in [5.74, 6) is 0.290. The monoisotopic (exact) mass is 482 g/mol. The molecule has 1 spiro atoms. The van der Waals surface area contributed by atoms with Crippen LogP contribution in [0.25, 0.3) is 11.3 Å². The van der Waals surface area contributed by atoms with Gasteiger partial charge in [0, 0.05) is 28.9 Å². The van der Waals surface area contributed by atoms with Crippen LogP contribution in [0.5, 0.6) is 5.75 Å². The number of sulfonamides is 1. The fraction of sp³-hybridized carbons (Fsp3) is 0.583. The maximum Gasteiger partial charge on any atom is 0.419 e. The Hall–Kier alpha value is -2.00. The van der Waals surface area contributed by atoms with Crippen LogP contribution in [0.2, 0.25) is 0 Å². The molecule has 2 fully saturated rings. The second-order valence-electron chi connectivity index (χ2n) is 9.92. The molecule has 2 aromatic rings. The molecular formula is C24H29F3N2O3S. The van der Waals surface area contributed by atoms with Crippen LogP contribution in [0.4, 0.5) is 13.2 Å². The number of nitrogens with two attached hydrogens (primary N) is 1. The van der Waals surface area contributed by atoms with Crippen LogP contribution in [0, 0.1) is 12.8 Å². The van der Waals surface area contributed by atoms with E-state index in [1.807, 2.05) is 4.57 Å². The van der Waals surface area contributed by atoms with Gasteiger partial charge in [-0.2, -0.15) is 13.2 Å². The zero-order valence-electron chi connectivity index (χ0n) is 18.7. The number of rotatable bonds is 4. The molecule has 0 bridgehead atoms. The highest BCUT2D eigenvalue weighted by Gasteiger charge is 2.50. The summed E-state index contributed by atoms with van der Waals surface area (Å²) >= 11 is 0. The van der Waals surface area contributed by atoms with Gasteiger partial charge in [-0.15, -0.1) is 0 Å². The first kappa shape index (κ1) is 22.8. The standard InChI is InChI=1S/C24H29F3N2O3S/c1-15-21(33(28,30)31)13-20(29(15)14-16-5-3-2-4-6-16)17-11-18-22(19(12-17)24(25,26)27)32-10-9-23(18)7-8-23/h11-13,16H,2-10,14H2,1H3,(H2,28,30,31). The number of ether oxygens (including phenoxy) is 1. The topological polar surface area (TPSA) is 74.3 Å². The molecular weight excluding hydrogens is 453 g/mol. The lowest BCUT2D eigenvalue weighted by atomic mass is 9.86. The van der Waals surface area contributed by atoms with E-state index in [1.165, 1.54) is 12.5 Å². The molecule has 2 saturated carbocycles. The highest BCUT2D eigenvalue weighted by atomic mass is 32.2. The minimum atomic E-state index is -4.58. The van der Waals surface area contributed by atoms with Crippen LogP contribution in [0.1, 0.15) is 68.2 Å². The largest absolute Gasteiger partial charge is 0.493 e. The molecule has 2 heterocycles. The van der Waals surface area contributed by atoms with Crippen molar-refractivity contribution in [2.75, 3.05) is 6.61 Å². The summed E-state index contributed by atoms with van der Waals surface area (Å²) in [6.07, 6.45) is 3.25. The summed E-state index contributed by atoms with van der Waals surface area (Å²) in [6.45, 7) is 2.53. The smallest absolute Gasteiger partial charge is 0.419 e. The third-order valence-corrected chi connectivity index (χ3v) is 8.76. The van der Waals surface area contributed by atoms with Gasteiger partial charge in [-0.05, 0) is 68.7 Å². The Labute approximate surface area is 192 Å². The quantitative estimate of drug-likeness (QED) is 0.623. The van der Waals surface area contributed by atoms with Gasteiger partial charge in [-0.25, -0.2) is 13.6 Å². The number of fused-ring (bicyclic) bond motifs is 2. The Morgan fingerprint density at radius 1 is 1.12 bits per heavy atom. The van der Waals surface area contributed by atoms with Gasteiger partial charge in [-0.3, -0.25) is 0 Å². The second kappa shape index (κ2) is 7.77. The van der Waals surface area contributed by atoms with Crippen LogP contribution < -0.4 is 9.88 Å². The molecule has 33 heavy (non-hydrogen) atoms. The van der Waals surface area contributed by atoms with Crippen LogP contribution >= 0.6 is 0 Å². The SMILES string of the molecule is Cc1c(S(N)(=O)=O)cc(-c2cc(C(F)(F)F)c3c(c2)C2(CCO3)CC2)n1CC1CCCCC1. The van der Waals surface area contributed by atoms with E-state index < -0.39 is 21.8 Å². The van der Waals surface area contributed by atoms with Crippen LogP contribution in [0.15, 0.2) is 23.1 Å². The molecule has 0 radical (unpaired) electrons. The third-order valence-electron chi connectivity index (χ3n) is 7.73. The van der Waals surface area contributed by atoms with Crippen molar-refractivity contribution in [2.45, 2.75) is 81.3 Å². The van der Waals surface area contributed by atoms with Crippen molar-refractivity contribution >= 4 is 10.0 Å². The second-order valence-corrected chi connectivity index (χ2v) is 11.4. The van der Waals surface area contributed by atoms with Crippen molar-refractivity contribution < 1.29 is 26.3 Å². The Morgan fingerprint density at radius 2 is 1.82 bits per heavy atom. The third kappa shape index (κ3) is 4.07. The maximum atomic E-state index is 14.1. The number of alkyl halides is 3. The normalized spacial score (nSPS) is 20.5. The number of halogens is 3. The van der Waals surface area contributed by atoms with Crippen molar-refractivity contribution in [3.05, 3.63) is 35.0 Å². The zero-order chi connectivity index (χ0) is 23.6. The van der Waals surface area contributed by atoms with Crippen LogP contribution in [-0.4, -0.2) is 19.6 Å². The van der Waals surface area contributed by atoms with Gasteiger partial charge in [0.1, 0.15) is 10.6 Å². The summed E-state index contributed by atoms with van der Waals surface area (Å²) in [5.41, 5.74) is 0.854. The number of nitrogens with zero attached hydrogens (tertiary/aromatic N) is 1. The highest BCUT2D eigenvalue weighted by molar-refractivity contribution is 7.89. The summed E-state index contributed by atoms with van der Waals surface area (Å²) in [7, 11) is -4.02. The lowest BCUT2D eigenvalue weighted by Gasteiger charge is -2.29. The van der Waals surface area contributed by atoms with Gasteiger partial charge < -0.3 is 9.30 Å². The van der Waals surface area contributed by atoms with E-state index in [4.69, 9.17) is 9.88 Å². The lowest BCUT2D eigenvalue weighted by Crippen LogP contribution is -2.23. The van der Waals surface area contributed by atoms with E-state index in [2.05, 4.69) is 0 Å². The fourth-order valence-electron chi connectivity index (χ4n) is 5.70. The Kier molecular flexibility index (Phi) is 5.36. The molecule has 1 aromatic carbocycles. The average Bonchev–Trinajstić information content (AvgIpc) is 3.44. The molecule has 3 aliphatic rings. The number of hydrogen-bond donors (Lipinski definition) is 1. The molecule has 5 nitrogen and oxygen atoms in total. The average molecular weight is 483 g/mol. The predicted molar refractivity (Wildman–Crippen MR) is 119 cm³/mol. The van der Waals surface area contributed by atoms with Crippen molar-refractivity contribution in [3.8, 4) is 17.0 Å². The molecule has 180 valence electrons. The fourth-order valence-corrected chi connectivity index (χ4v) is 6.50. The predicted octanol–water partition coefficient (Wildman–Crippen LogP) is 5.52. The highest BCUT2D eigenvalue weighted by Crippen LogP contribution is 2.58. The molecule has 2 aliphatic carbocycles. The van der Waals surface area contributed by atoms with E-state index in [0.717, 1.165) is 44.6 Å². The van der Waals surface area contributed by atoms with Gasteiger partial charge in [0.15, 0.2) is 0 Å². The number of benzene rings is 1.